The number of allylic oxidation sites excluding steroid dienone is 4. The van der Waals surface area contributed by atoms with Crippen molar-refractivity contribution in [2.45, 2.75) is 39.5 Å². The average Bonchev–Trinajstić information content (AvgIpc) is 2.18. The molecular weight excluding hydrogens is 172 g/mol. The second-order valence-electron chi connectivity index (χ2n) is 4.48. The molecule has 1 nitrogen and oxygen atoms in total. The van der Waals surface area contributed by atoms with Crippen molar-refractivity contribution in [2.75, 3.05) is 0 Å². The van der Waals surface area contributed by atoms with Crippen LogP contribution in [0.1, 0.15) is 39.5 Å². The van der Waals surface area contributed by atoms with E-state index in [0.717, 1.165) is 37.9 Å². The number of hydrogen-bond acceptors (Lipinski definition) is 1. The highest BCUT2D eigenvalue weighted by Crippen LogP contribution is 2.22. The number of carbonyl (C=O) groups is 1. The highest BCUT2D eigenvalue weighted by molar-refractivity contribution is 5.54. The summed E-state index contributed by atoms with van der Waals surface area (Å²) in [5.74, 6) is 1.01. The largest absolute Gasteiger partial charge is 0.303 e. The van der Waals surface area contributed by atoms with Crippen LogP contribution in [0.2, 0.25) is 0 Å². The van der Waals surface area contributed by atoms with Gasteiger partial charge in [-0.05, 0) is 31.6 Å². The Hall–Kier alpha value is -0.850. The van der Waals surface area contributed by atoms with Crippen LogP contribution < -0.4 is 0 Å². The summed E-state index contributed by atoms with van der Waals surface area (Å²) in [6, 6.07) is 0. The molecule has 0 aliphatic heterocycles. The van der Waals surface area contributed by atoms with Crippen LogP contribution in [0.15, 0.2) is 23.8 Å². The number of hydrogen-bond donors (Lipinski definition) is 0. The summed E-state index contributed by atoms with van der Waals surface area (Å²) in [4.78, 5) is 10.5. The van der Waals surface area contributed by atoms with E-state index < -0.39 is 0 Å². The van der Waals surface area contributed by atoms with Crippen LogP contribution >= 0.6 is 0 Å². The summed E-state index contributed by atoms with van der Waals surface area (Å²) >= 11 is 0. The summed E-state index contributed by atoms with van der Waals surface area (Å²) in [5.41, 5.74) is 1.41. The second-order valence-corrected chi connectivity index (χ2v) is 4.48. The molecular formula is C13H20O. The molecule has 1 unspecified atom stereocenters. The van der Waals surface area contributed by atoms with Gasteiger partial charge in [-0.3, -0.25) is 0 Å². The quantitative estimate of drug-likeness (QED) is 0.623. The first-order valence-corrected chi connectivity index (χ1v) is 5.53. The maximum atomic E-state index is 10.5. The predicted molar refractivity (Wildman–Crippen MR) is 60.1 cm³/mol. The van der Waals surface area contributed by atoms with Crippen molar-refractivity contribution in [1.29, 1.82) is 0 Å². The van der Waals surface area contributed by atoms with E-state index in [2.05, 4.69) is 32.1 Å². The van der Waals surface area contributed by atoms with Gasteiger partial charge in [-0.1, -0.05) is 37.6 Å². The zero-order valence-electron chi connectivity index (χ0n) is 9.20. The Balaban J connectivity index is 2.36. The minimum Gasteiger partial charge on any atom is -0.303 e. The fourth-order valence-corrected chi connectivity index (χ4v) is 1.64. The SMILES string of the molecule is CC(C)CC=CC1=CCC(C=O)CC1. The summed E-state index contributed by atoms with van der Waals surface area (Å²) in [7, 11) is 0. The fraction of sp³-hybridized carbons (Fsp3) is 0.615. The molecule has 1 atom stereocenters. The van der Waals surface area contributed by atoms with Gasteiger partial charge in [0.2, 0.25) is 0 Å². The minimum atomic E-state index is 0.275. The fourth-order valence-electron chi connectivity index (χ4n) is 1.64. The lowest BCUT2D eigenvalue weighted by atomic mass is 9.90. The molecule has 0 fully saturated rings. The zero-order chi connectivity index (χ0) is 10.4. The third kappa shape index (κ3) is 3.91. The Bertz CT molecular complexity index is 236. The Morgan fingerprint density at radius 3 is 2.86 bits per heavy atom. The molecule has 78 valence electrons. The molecule has 14 heavy (non-hydrogen) atoms. The Morgan fingerprint density at radius 1 is 1.57 bits per heavy atom. The molecule has 0 saturated carbocycles. The van der Waals surface area contributed by atoms with Gasteiger partial charge in [-0.2, -0.15) is 0 Å². The Morgan fingerprint density at radius 2 is 2.36 bits per heavy atom. The predicted octanol–water partition coefficient (Wildman–Crippen LogP) is 3.51. The molecule has 0 amide bonds. The van der Waals surface area contributed by atoms with Crippen LogP contribution in [-0.2, 0) is 4.79 Å². The first-order chi connectivity index (χ1) is 6.72. The second kappa shape index (κ2) is 5.79. The van der Waals surface area contributed by atoms with E-state index in [0.29, 0.717) is 0 Å². The molecule has 1 rings (SSSR count). The van der Waals surface area contributed by atoms with E-state index >= 15 is 0 Å². The van der Waals surface area contributed by atoms with Gasteiger partial charge >= 0.3 is 0 Å². The van der Waals surface area contributed by atoms with Crippen LogP contribution in [0, 0.1) is 11.8 Å². The highest BCUT2D eigenvalue weighted by atomic mass is 16.1. The van der Waals surface area contributed by atoms with Gasteiger partial charge in [0.15, 0.2) is 0 Å². The molecule has 0 N–H and O–H groups in total. The van der Waals surface area contributed by atoms with E-state index in [1.54, 1.807) is 0 Å². The molecule has 0 aromatic carbocycles. The number of carbonyl (C=O) groups excluding carboxylic acids is 1. The van der Waals surface area contributed by atoms with Gasteiger partial charge in [0.25, 0.3) is 0 Å². The molecule has 1 aliphatic carbocycles. The van der Waals surface area contributed by atoms with E-state index in [-0.39, 0.29) is 5.92 Å². The van der Waals surface area contributed by atoms with Crippen molar-refractivity contribution in [3.05, 3.63) is 23.8 Å². The molecule has 1 heteroatoms. The van der Waals surface area contributed by atoms with E-state index in [1.807, 2.05) is 0 Å². The van der Waals surface area contributed by atoms with Crippen LogP contribution in [-0.4, -0.2) is 6.29 Å². The lowest BCUT2D eigenvalue weighted by molar-refractivity contribution is -0.111. The molecule has 0 aromatic rings. The normalized spacial score (nSPS) is 22.8. The third-order valence-electron chi connectivity index (χ3n) is 2.62. The van der Waals surface area contributed by atoms with E-state index in [9.17, 15) is 4.79 Å². The lowest BCUT2D eigenvalue weighted by Crippen LogP contribution is -2.05. The van der Waals surface area contributed by atoms with Crippen molar-refractivity contribution in [3.63, 3.8) is 0 Å². The lowest BCUT2D eigenvalue weighted by Gasteiger charge is -2.14. The average molecular weight is 192 g/mol. The third-order valence-corrected chi connectivity index (χ3v) is 2.62. The van der Waals surface area contributed by atoms with E-state index in [1.165, 1.54) is 5.57 Å². The van der Waals surface area contributed by atoms with Crippen LogP contribution in [0.5, 0.6) is 0 Å². The smallest absolute Gasteiger partial charge is 0.123 e. The Labute approximate surface area is 86.9 Å². The minimum absolute atomic E-state index is 0.275. The maximum absolute atomic E-state index is 10.5. The summed E-state index contributed by atoms with van der Waals surface area (Å²) in [5, 5.41) is 0. The van der Waals surface area contributed by atoms with Crippen molar-refractivity contribution in [1.82, 2.24) is 0 Å². The molecule has 0 saturated heterocycles. The van der Waals surface area contributed by atoms with Gasteiger partial charge in [0, 0.05) is 5.92 Å². The van der Waals surface area contributed by atoms with Gasteiger partial charge in [-0.25, -0.2) is 0 Å². The summed E-state index contributed by atoms with van der Waals surface area (Å²) in [6.07, 6.45) is 11.9. The zero-order valence-corrected chi connectivity index (χ0v) is 9.20. The van der Waals surface area contributed by atoms with Crippen LogP contribution in [0.4, 0.5) is 0 Å². The van der Waals surface area contributed by atoms with Crippen LogP contribution in [0.3, 0.4) is 0 Å². The van der Waals surface area contributed by atoms with Crippen molar-refractivity contribution < 1.29 is 4.79 Å². The standard InChI is InChI=1S/C13H20O/c1-11(2)4-3-5-12-6-8-13(10-14)9-7-12/h3,5-6,10-11,13H,4,7-9H2,1-2H3. The monoisotopic (exact) mass is 192 g/mol. The number of aldehydes is 1. The Kier molecular flexibility index (Phi) is 4.64. The van der Waals surface area contributed by atoms with E-state index in [4.69, 9.17) is 0 Å². The first kappa shape index (κ1) is 11.2. The number of rotatable bonds is 4. The van der Waals surface area contributed by atoms with Crippen molar-refractivity contribution in [2.24, 2.45) is 11.8 Å². The highest BCUT2D eigenvalue weighted by Gasteiger charge is 2.11. The van der Waals surface area contributed by atoms with Gasteiger partial charge in [-0.15, -0.1) is 0 Å². The molecule has 0 heterocycles. The molecule has 1 aliphatic rings. The van der Waals surface area contributed by atoms with Gasteiger partial charge < -0.3 is 4.79 Å². The maximum Gasteiger partial charge on any atom is 0.123 e. The first-order valence-electron chi connectivity index (χ1n) is 5.53. The van der Waals surface area contributed by atoms with Crippen molar-refractivity contribution >= 4 is 6.29 Å². The van der Waals surface area contributed by atoms with Gasteiger partial charge in [0.05, 0.1) is 0 Å². The summed E-state index contributed by atoms with van der Waals surface area (Å²) in [6.45, 7) is 4.45. The van der Waals surface area contributed by atoms with Crippen LogP contribution in [0.25, 0.3) is 0 Å². The molecule has 0 spiro atoms. The summed E-state index contributed by atoms with van der Waals surface area (Å²) < 4.78 is 0. The topological polar surface area (TPSA) is 17.1 Å². The molecule has 0 radical (unpaired) electrons. The van der Waals surface area contributed by atoms with Gasteiger partial charge in [0.1, 0.15) is 6.29 Å². The molecule has 0 aromatic heterocycles. The molecule has 0 bridgehead atoms. The van der Waals surface area contributed by atoms with Crippen molar-refractivity contribution in [3.8, 4) is 0 Å².